The molecule has 9 nitrogen and oxygen atoms in total. The van der Waals surface area contributed by atoms with E-state index in [1.165, 1.54) is 35.8 Å². The van der Waals surface area contributed by atoms with Gasteiger partial charge in [-0.2, -0.15) is 0 Å². The highest BCUT2D eigenvalue weighted by Gasteiger charge is 2.34. The molecule has 0 N–H and O–H groups in total. The molecular weight excluding hydrogens is 390 g/mol. The van der Waals surface area contributed by atoms with Crippen LogP contribution < -0.4 is 0 Å². The summed E-state index contributed by atoms with van der Waals surface area (Å²) in [5.74, 6) is -1.28. The first-order chi connectivity index (χ1) is 14.0. The van der Waals surface area contributed by atoms with Crippen LogP contribution in [0.5, 0.6) is 0 Å². The molecule has 3 unspecified atom stereocenters. The van der Waals surface area contributed by atoms with Gasteiger partial charge in [0.2, 0.25) is 11.8 Å². The van der Waals surface area contributed by atoms with Crippen molar-refractivity contribution in [1.29, 1.82) is 0 Å². The van der Waals surface area contributed by atoms with Crippen LogP contribution in [-0.2, 0) is 23.9 Å². The van der Waals surface area contributed by atoms with Gasteiger partial charge < -0.3 is 19.3 Å². The lowest BCUT2D eigenvalue weighted by Gasteiger charge is -2.33. The number of rotatable bonds is 12. The zero-order chi connectivity index (χ0) is 23.4. The lowest BCUT2D eigenvalue weighted by atomic mass is 10.2. The van der Waals surface area contributed by atoms with Crippen molar-refractivity contribution in [3.63, 3.8) is 0 Å². The SMILES string of the molecule is CCCCCOC(=O)C(C)N(C)C(=O)C(C)N(C)C(=O)C(C)N(C)C(=O)OCCC. The van der Waals surface area contributed by atoms with Crippen molar-refractivity contribution in [3.05, 3.63) is 0 Å². The number of ether oxygens (including phenoxy) is 2. The van der Waals surface area contributed by atoms with E-state index >= 15 is 0 Å². The van der Waals surface area contributed by atoms with Gasteiger partial charge in [0.1, 0.15) is 18.1 Å². The Morgan fingerprint density at radius 3 is 1.67 bits per heavy atom. The predicted octanol–water partition coefficient (Wildman–Crippen LogP) is 2.28. The molecule has 0 bridgehead atoms. The van der Waals surface area contributed by atoms with Crippen molar-refractivity contribution in [2.75, 3.05) is 34.4 Å². The lowest BCUT2D eigenvalue weighted by Crippen LogP contribution is -2.54. The van der Waals surface area contributed by atoms with Gasteiger partial charge >= 0.3 is 12.1 Å². The van der Waals surface area contributed by atoms with E-state index in [0.29, 0.717) is 13.0 Å². The number of esters is 1. The van der Waals surface area contributed by atoms with Crippen LogP contribution in [0.2, 0.25) is 0 Å². The number of unbranched alkanes of at least 4 members (excludes halogenated alkanes) is 2. The molecule has 0 aliphatic carbocycles. The summed E-state index contributed by atoms with van der Waals surface area (Å²) >= 11 is 0. The van der Waals surface area contributed by atoms with Crippen LogP contribution in [0, 0.1) is 0 Å². The Labute approximate surface area is 180 Å². The molecule has 0 aromatic heterocycles. The van der Waals surface area contributed by atoms with Gasteiger partial charge in [-0.3, -0.25) is 14.5 Å². The van der Waals surface area contributed by atoms with Gasteiger partial charge in [0.25, 0.3) is 0 Å². The molecule has 174 valence electrons. The number of hydrogen-bond donors (Lipinski definition) is 0. The summed E-state index contributed by atoms with van der Waals surface area (Å²) in [7, 11) is 4.48. The van der Waals surface area contributed by atoms with Crippen LogP contribution in [0.25, 0.3) is 0 Å². The molecule has 0 aromatic rings. The smallest absolute Gasteiger partial charge is 0.410 e. The summed E-state index contributed by atoms with van der Waals surface area (Å²) in [6, 6.07) is -2.39. The number of carbonyl (C=O) groups excluding carboxylic acids is 4. The molecule has 3 amide bonds. The van der Waals surface area contributed by atoms with E-state index in [4.69, 9.17) is 9.47 Å². The van der Waals surface area contributed by atoms with Crippen LogP contribution >= 0.6 is 0 Å². The molecule has 3 atom stereocenters. The first-order valence-corrected chi connectivity index (χ1v) is 10.6. The molecule has 0 aliphatic heterocycles. The molecule has 30 heavy (non-hydrogen) atoms. The monoisotopic (exact) mass is 429 g/mol. The van der Waals surface area contributed by atoms with Crippen molar-refractivity contribution < 1.29 is 28.7 Å². The predicted molar refractivity (Wildman–Crippen MR) is 114 cm³/mol. The van der Waals surface area contributed by atoms with Gasteiger partial charge in [0, 0.05) is 21.1 Å². The number of hydrogen-bond acceptors (Lipinski definition) is 6. The van der Waals surface area contributed by atoms with Crippen LogP contribution in [0.15, 0.2) is 0 Å². The average Bonchev–Trinajstić information content (AvgIpc) is 2.75. The average molecular weight is 430 g/mol. The van der Waals surface area contributed by atoms with Crippen LogP contribution in [0.1, 0.15) is 60.3 Å². The summed E-state index contributed by atoms with van der Waals surface area (Å²) in [5.41, 5.74) is 0. The van der Waals surface area contributed by atoms with E-state index in [-0.39, 0.29) is 6.61 Å². The van der Waals surface area contributed by atoms with Gasteiger partial charge in [0.15, 0.2) is 0 Å². The highest BCUT2D eigenvalue weighted by Crippen LogP contribution is 2.10. The zero-order valence-corrected chi connectivity index (χ0v) is 19.8. The topological polar surface area (TPSA) is 96.5 Å². The Kier molecular flexibility index (Phi) is 12.8. The molecule has 0 heterocycles. The van der Waals surface area contributed by atoms with Crippen molar-refractivity contribution in [2.24, 2.45) is 0 Å². The third kappa shape index (κ3) is 8.20. The fraction of sp³-hybridized carbons (Fsp3) is 0.810. The Bertz CT molecular complexity index is 583. The Morgan fingerprint density at radius 2 is 1.17 bits per heavy atom. The highest BCUT2D eigenvalue weighted by molar-refractivity contribution is 5.92. The molecule has 0 saturated heterocycles. The van der Waals surface area contributed by atoms with E-state index in [1.807, 2.05) is 6.92 Å². The van der Waals surface area contributed by atoms with Gasteiger partial charge in [-0.25, -0.2) is 9.59 Å². The molecule has 0 saturated carbocycles. The molecule has 0 rings (SSSR count). The molecule has 0 spiro atoms. The van der Waals surface area contributed by atoms with Gasteiger partial charge in [-0.15, -0.1) is 0 Å². The second-order valence-corrected chi connectivity index (χ2v) is 7.53. The number of carbonyl (C=O) groups is 4. The fourth-order valence-electron chi connectivity index (χ4n) is 2.56. The maximum absolute atomic E-state index is 12.8. The van der Waals surface area contributed by atoms with Crippen molar-refractivity contribution >= 4 is 23.9 Å². The van der Waals surface area contributed by atoms with Crippen LogP contribution in [-0.4, -0.2) is 91.1 Å². The summed E-state index contributed by atoms with van der Waals surface area (Å²) in [4.78, 5) is 53.5. The Hall–Kier alpha value is -2.32. The molecule has 0 aromatic carbocycles. The van der Waals surface area contributed by atoms with E-state index in [0.717, 1.165) is 19.3 Å². The summed E-state index contributed by atoms with van der Waals surface area (Å²) in [5, 5.41) is 0. The standard InChI is InChI=1S/C21H39N3O6/c1-9-11-12-14-29-20(27)17(5)23(7)18(25)15(3)22(6)19(26)16(4)24(8)21(28)30-13-10-2/h15-17H,9-14H2,1-8H3. The Morgan fingerprint density at radius 1 is 0.667 bits per heavy atom. The third-order valence-corrected chi connectivity index (χ3v) is 5.20. The third-order valence-electron chi connectivity index (χ3n) is 5.20. The van der Waals surface area contributed by atoms with Gasteiger partial charge in [-0.05, 0) is 33.6 Å². The van der Waals surface area contributed by atoms with Crippen LogP contribution in [0.4, 0.5) is 4.79 Å². The number of amides is 3. The summed E-state index contributed by atoms with van der Waals surface area (Å²) in [6.07, 6.45) is 2.86. The minimum atomic E-state index is -0.819. The second kappa shape index (κ2) is 13.8. The lowest BCUT2D eigenvalue weighted by molar-refractivity contribution is -0.156. The largest absolute Gasteiger partial charge is 0.464 e. The fourth-order valence-corrected chi connectivity index (χ4v) is 2.56. The maximum atomic E-state index is 12.8. The quantitative estimate of drug-likeness (QED) is 0.349. The first kappa shape index (κ1) is 27.7. The summed E-state index contributed by atoms with van der Waals surface area (Å²) in [6.45, 7) is 9.28. The minimum Gasteiger partial charge on any atom is -0.464 e. The van der Waals surface area contributed by atoms with Crippen molar-refractivity contribution in [3.8, 4) is 0 Å². The van der Waals surface area contributed by atoms with E-state index in [1.54, 1.807) is 20.8 Å². The first-order valence-electron chi connectivity index (χ1n) is 10.6. The van der Waals surface area contributed by atoms with Gasteiger partial charge in [-0.1, -0.05) is 26.7 Å². The molecular formula is C21H39N3O6. The van der Waals surface area contributed by atoms with E-state index in [9.17, 15) is 19.2 Å². The van der Waals surface area contributed by atoms with E-state index in [2.05, 4.69) is 6.92 Å². The number of nitrogens with zero attached hydrogens (tertiary/aromatic N) is 3. The normalized spacial score (nSPS) is 13.6. The molecule has 0 radical (unpaired) electrons. The molecule has 0 aliphatic rings. The maximum Gasteiger partial charge on any atom is 0.410 e. The number of likely N-dealkylation sites (N-methyl/N-ethyl adjacent to an activating group) is 3. The molecule has 9 heteroatoms. The molecule has 0 fully saturated rings. The second-order valence-electron chi connectivity index (χ2n) is 7.53. The van der Waals surface area contributed by atoms with Crippen molar-refractivity contribution in [2.45, 2.75) is 78.4 Å². The zero-order valence-electron chi connectivity index (χ0n) is 19.8. The minimum absolute atomic E-state index is 0.270. The highest BCUT2D eigenvalue weighted by atomic mass is 16.6. The summed E-state index contributed by atoms with van der Waals surface area (Å²) < 4.78 is 10.3. The van der Waals surface area contributed by atoms with Crippen molar-refractivity contribution in [1.82, 2.24) is 14.7 Å². The van der Waals surface area contributed by atoms with Gasteiger partial charge in [0.05, 0.1) is 13.2 Å². The Balaban J connectivity index is 4.90. The van der Waals surface area contributed by atoms with E-state index < -0.39 is 42.0 Å². The van der Waals surface area contributed by atoms with Crippen LogP contribution in [0.3, 0.4) is 0 Å².